The van der Waals surface area contributed by atoms with Crippen molar-refractivity contribution in [2.24, 2.45) is 0 Å². The molecule has 8 heteroatoms. The first kappa shape index (κ1) is 25.6. The van der Waals surface area contributed by atoms with Gasteiger partial charge in [-0.25, -0.2) is 0 Å². The van der Waals surface area contributed by atoms with E-state index in [1.54, 1.807) is 12.1 Å². The van der Waals surface area contributed by atoms with Gasteiger partial charge in [-0.3, -0.25) is 14.4 Å². The number of halogens is 2. The number of Topliss-reactive ketones (excluding diaryl/α,β-unsaturated/α-hetero) is 2. The topological polar surface area (TPSA) is 83.9 Å². The molecular weight excluding hydrogens is 513 g/mol. The fraction of sp³-hybridized carbons (Fsp3) is 0.345. The number of allylic oxidation sites excluding steroid dienone is 4. The third kappa shape index (κ3) is 5.05. The molecule has 2 aliphatic carbocycles. The van der Waals surface area contributed by atoms with Gasteiger partial charge in [0.05, 0.1) is 6.42 Å². The van der Waals surface area contributed by atoms with Gasteiger partial charge in [0.1, 0.15) is 12.4 Å². The number of ether oxygens (including phenoxy) is 1. The Balaban J connectivity index is 1.60. The molecule has 0 fully saturated rings. The molecule has 5 rings (SSSR count). The number of carboxylic acid groups (broad SMARTS) is 1. The molecule has 192 valence electrons. The van der Waals surface area contributed by atoms with Gasteiger partial charge in [0.25, 0.3) is 0 Å². The molecule has 0 bridgehead atoms. The van der Waals surface area contributed by atoms with E-state index in [2.05, 4.69) is 0 Å². The molecule has 2 aromatic rings. The number of hydrogen-bond acceptors (Lipinski definition) is 5. The molecule has 1 aliphatic heterocycles. The highest BCUT2D eigenvalue weighted by atomic mass is 35.5. The first-order chi connectivity index (χ1) is 17.8. The molecule has 1 N–H and O–H groups in total. The van der Waals surface area contributed by atoms with Crippen LogP contribution in [0, 0.1) is 0 Å². The van der Waals surface area contributed by atoms with E-state index >= 15 is 0 Å². The highest BCUT2D eigenvalue weighted by molar-refractivity contribution is 6.35. The minimum absolute atomic E-state index is 0.00653. The van der Waals surface area contributed by atoms with Crippen molar-refractivity contribution < 1.29 is 24.2 Å². The molecule has 1 heterocycles. The van der Waals surface area contributed by atoms with E-state index in [0.717, 1.165) is 22.5 Å². The van der Waals surface area contributed by atoms with Crippen molar-refractivity contribution >= 4 is 40.7 Å². The number of aliphatic carboxylic acids is 1. The molecule has 6 nitrogen and oxygen atoms in total. The predicted octanol–water partition coefficient (Wildman–Crippen LogP) is 6.46. The Kier molecular flexibility index (Phi) is 7.40. The van der Waals surface area contributed by atoms with E-state index in [-0.39, 0.29) is 31.1 Å². The number of rotatable bonds is 7. The molecular formula is C29H27Cl2NO5. The van der Waals surface area contributed by atoms with Crippen LogP contribution in [-0.2, 0) is 21.0 Å². The zero-order valence-corrected chi connectivity index (χ0v) is 21.8. The van der Waals surface area contributed by atoms with Crippen LogP contribution < -0.4 is 4.74 Å². The summed E-state index contributed by atoms with van der Waals surface area (Å²) < 4.78 is 6.25. The van der Waals surface area contributed by atoms with Gasteiger partial charge in [0, 0.05) is 69.0 Å². The number of carbonyl (C=O) groups is 3. The summed E-state index contributed by atoms with van der Waals surface area (Å²) >= 11 is 12.4. The van der Waals surface area contributed by atoms with Crippen LogP contribution in [0.15, 0.2) is 65.0 Å². The fourth-order valence-electron chi connectivity index (χ4n) is 5.65. The second-order valence-electron chi connectivity index (χ2n) is 9.56. The van der Waals surface area contributed by atoms with Crippen molar-refractivity contribution in [3.05, 3.63) is 86.2 Å². The van der Waals surface area contributed by atoms with Crippen molar-refractivity contribution in [2.45, 2.75) is 57.5 Å². The molecule has 2 aromatic carbocycles. The third-order valence-corrected chi connectivity index (χ3v) is 7.85. The number of hydrogen-bond donors (Lipinski definition) is 1. The summed E-state index contributed by atoms with van der Waals surface area (Å²) in [6.07, 6.45) is 3.50. The van der Waals surface area contributed by atoms with Crippen LogP contribution >= 0.6 is 23.2 Å². The lowest BCUT2D eigenvalue weighted by Gasteiger charge is -2.44. The largest absolute Gasteiger partial charge is 0.489 e. The van der Waals surface area contributed by atoms with E-state index in [9.17, 15) is 19.5 Å². The molecule has 0 saturated carbocycles. The van der Waals surface area contributed by atoms with Gasteiger partial charge in [-0.1, -0.05) is 47.5 Å². The van der Waals surface area contributed by atoms with Crippen molar-refractivity contribution in [3.8, 4) is 5.75 Å². The maximum absolute atomic E-state index is 13.4. The number of carbonyl (C=O) groups excluding carboxylic acids is 2. The molecule has 37 heavy (non-hydrogen) atoms. The van der Waals surface area contributed by atoms with Gasteiger partial charge in [-0.2, -0.15) is 0 Å². The number of benzene rings is 2. The van der Waals surface area contributed by atoms with Crippen molar-refractivity contribution in [1.82, 2.24) is 4.90 Å². The van der Waals surface area contributed by atoms with E-state index < -0.39 is 11.9 Å². The molecule has 0 aromatic heterocycles. The first-order valence-corrected chi connectivity index (χ1v) is 13.3. The second-order valence-corrected chi connectivity index (χ2v) is 10.4. The van der Waals surface area contributed by atoms with E-state index in [1.165, 1.54) is 0 Å². The smallest absolute Gasteiger partial charge is 0.305 e. The maximum Gasteiger partial charge on any atom is 0.305 e. The van der Waals surface area contributed by atoms with Gasteiger partial charge in [0.2, 0.25) is 0 Å². The third-order valence-electron chi connectivity index (χ3n) is 7.26. The minimum Gasteiger partial charge on any atom is -0.489 e. The van der Waals surface area contributed by atoms with Crippen LogP contribution in [-0.4, -0.2) is 34.1 Å². The highest BCUT2D eigenvalue weighted by Crippen LogP contribution is 2.50. The maximum atomic E-state index is 13.4. The van der Waals surface area contributed by atoms with Crippen LogP contribution in [0.4, 0.5) is 0 Å². The summed E-state index contributed by atoms with van der Waals surface area (Å²) in [6.45, 7) is 0.442. The molecule has 0 amide bonds. The standard InChI is InChI=1S/C29H27Cl2NO5/c30-18-12-11-17(20(31)15-18)16-37-25-10-2-1-5-19(25)27-28-21(6-3-8-23(28)33)32(14-13-26(35)36)22-7-4-9-24(34)29(22)27/h1-2,5,10-12,15,27H,3-4,6-9,13-14,16H2,(H,35,36). The monoisotopic (exact) mass is 539 g/mol. The van der Waals surface area contributed by atoms with Gasteiger partial charge in [0.15, 0.2) is 11.6 Å². The van der Waals surface area contributed by atoms with Crippen LogP contribution in [0.5, 0.6) is 5.75 Å². The van der Waals surface area contributed by atoms with Gasteiger partial charge in [-0.05, 0) is 43.9 Å². The average molecular weight is 540 g/mol. The van der Waals surface area contributed by atoms with E-state index in [4.69, 9.17) is 27.9 Å². The Morgan fingerprint density at radius 2 is 1.59 bits per heavy atom. The Labute approximate surface area is 225 Å². The summed E-state index contributed by atoms with van der Waals surface area (Å²) in [5.74, 6) is -0.856. The minimum atomic E-state index is -0.907. The number of carboxylic acids is 1. The lowest BCUT2D eigenvalue weighted by atomic mass is 9.70. The van der Waals surface area contributed by atoms with Gasteiger partial charge >= 0.3 is 5.97 Å². The Morgan fingerprint density at radius 3 is 2.22 bits per heavy atom. The Hall–Kier alpha value is -3.09. The zero-order valence-electron chi connectivity index (χ0n) is 20.3. The highest BCUT2D eigenvalue weighted by Gasteiger charge is 2.44. The first-order valence-electron chi connectivity index (χ1n) is 12.5. The zero-order chi connectivity index (χ0) is 26.1. The summed E-state index contributed by atoms with van der Waals surface area (Å²) in [5.41, 5.74) is 4.44. The number of para-hydroxylation sites is 1. The van der Waals surface area contributed by atoms with Crippen LogP contribution in [0.1, 0.15) is 62.0 Å². The summed E-state index contributed by atoms with van der Waals surface area (Å²) in [6, 6.07) is 12.7. The van der Waals surface area contributed by atoms with Crippen molar-refractivity contribution in [1.29, 1.82) is 0 Å². The predicted molar refractivity (Wildman–Crippen MR) is 141 cm³/mol. The molecule has 0 radical (unpaired) electrons. The molecule has 3 aliphatic rings. The van der Waals surface area contributed by atoms with E-state index in [1.807, 2.05) is 35.2 Å². The quantitative estimate of drug-likeness (QED) is 0.434. The molecule has 0 atom stereocenters. The summed E-state index contributed by atoms with van der Waals surface area (Å²) in [7, 11) is 0. The van der Waals surface area contributed by atoms with Gasteiger partial charge in [-0.15, -0.1) is 0 Å². The van der Waals surface area contributed by atoms with Gasteiger partial charge < -0.3 is 14.7 Å². The normalized spacial score (nSPS) is 18.2. The summed E-state index contributed by atoms with van der Waals surface area (Å²) in [5, 5.41) is 10.4. The van der Waals surface area contributed by atoms with Crippen LogP contribution in [0.3, 0.4) is 0 Å². The number of ketones is 2. The lowest BCUT2D eigenvalue weighted by molar-refractivity contribution is -0.137. The lowest BCUT2D eigenvalue weighted by Crippen LogP contribution is -2.40. The number of nitrogens with zero attached hydrogens (tertiary/aromatic N) is 1. The fourth-order valence-corrected chi connectivity index (χ4v) is 6.11. The molecule has 0 spiro atoms. The van der Waals surface area contributed by atoms with Crippen molar-refractivity contribution in [2.75, 3.05) is 6.54 Å². The van der Waals surface area contributed by atoms with Crippen LogP contribution in [0.25, 0.3) is 0 Å². The second kappa shape index (κ2) is 10.7. The van der Waals surface area contributed by atoms with Crippen molar-refractivity contribution in [3.63, 3.8) is 0 Å². The van der Waals surface area contributed by atoms with E-state index in [0.29, 0.717) is 65.5 Å². The Morgan fingerprint density at radius 1 is 0.946 bits per heavy atom. The summed E-state index contributed by atoms with van der Waals surface area (Å²) in [4.78, 5) is 40.3. The molecule has 0 unspecified atom stereocenters. The average Bonchev–Trinajstić information content (AvgIpc) is 2.87. The van der Waals surface area contributed by atoms with Crippen LogP contribution in [0.2, 0.25) is 10.0 Å². The Bertz CT molecular complexity index is 1300. The SMILES string of the molecule is O=C(O)CCN1C2=C(C(=O)CCC2)C(c2ccccc2OCc2ccc(Cl)cc2Cl)C2=C1CCCC2=O. The molecule has 0 saturated heterocycles.